The van der Waals surface area contributed by atoms with E-state index < -0.39 is 10.0 Å². The Kier molecular flexibility index (Phi) is 7.00. The van der Waals surface area contributed by atoms with Crippen LogP contribution in [0, 0.1) is 12.8 Å². The lowest BCUT2D eigenvalue weighted by Gasteiger charge is -2.31. The number of carbonyl (C=O) groups excluding carboxylic acids is 2. The number of hydrogen-bond donors (Lipinski definition) is 0. The number of rotatable bonds is 6. The van der Waals surface area contributed by atoms with E-state index in [1.54, 1.807) is 67.3 Å². The maximum Gasteiger partial charge on any atom is 0.309 e. The summed E-state index contributed by atoms with van der Waals surface area (Å²) in [5.41, 5.74) is 1.71. The fraction of sp³-hybridized carbons (Fsp3) is 0.391. The molecule has 0 unspecified atom stereocenters. The van der Waals surface area contributed by atoms with E-state index in [1.165, 1.54) is 11.4 Å². The smallest absolute Gasteiger partial charge is 0.309 e. The molecule has 2 aromatic carbocycles. The van der Waals surface area contributed by atoms with Crippen LogP contribution in [0.4, 0.5) is 5.69 Å². The van der Waals surface area contributed by atoms with Crippen molar-refractivity contribution in [2.45, 2.75) is 31.6 Å². The Hall–Kier alpha value is -2.87. The van der Waals surface area contributed by atoms with E-state index in [4.69, 9.17) is 4.74 Å². The average Bonchev–Trinajstić information content (AvgIpc) is 2.79. The number of sulfonamides is 1. The van der Waals surface area contributed by atoms with Gasteiger partial charge >= 0.3 is 5.97 Å². The number of hydrogen-bond acceptors (Lipinski definition) is 5. The summed E-state index contributed by atoms with van der Waals surface area (Å²) in [5, 5.41) is 0. The highest BCUT2D eigenvalue weighted by Crippen LogP contribution is 2.27. The SMILES string of the molecule is CCOC(=O)C1CCN(C(=O)c2ccc(N(C)S(=O)(=O)c3ccccc3)c(C)c2)CC1. The number of likely N-dealkylation sites (tertiary alicyclic amines) is 1. The second-order valence-electron chi connectivity index (χ2n) is 7.61. The number of esters is 1. The first-order valence-corrected chi connectivity index (χ1v) is 11.8. The van der Waals surface area contributed by atoms with Crippen molar-refractivity contribution in [2.75, 3.05) is 31.0 Å². The van der Waals surface area contributed by atoms with Gasteiger partial charge in [0.05, 0.1) is 23.1 Å². The Bertz CT molecular complexity index is 1040. The van der Waals surface area contributed by atoms with E-state index in [9.17, 15) is 18.0 Å². The van der Waals surface area contributed by atoms with Crippen LogP contribution in [0.1, 0.15) is 35.7 Å². The van der Waals surface area contributed by atoms with Crippen LogP contribution in [-0.2, 0) is 19.6 Å². The van der Waals surface area contributed by atoms with Crippen LogP contribution in [0.25, 0.3) is 0 Å². The van der Waals surface area contributed by atoms with Gasteiger partial charge in [-0.05, 0) is 62.6 Å². The van der Waals surface area contributed by atoms with E-state index in [2.05, 4.69) is 0 Å². The van der Waals surface area contributed by atoms with Crippen molar-refractivity contribution in [3.63, 3.8) is 0 Å². The van der Waals surface area contributed by atoms with Crippen LogP contribution in [0.15, 0.2) is 53.4 Å². The lowest BCUT2D eigenvalue weighted by Crippen LogP contribution is -2.40. The number of aryl methyl sites for hydroxylation is 1. The van der Waals surface area contributed by atoms with Crippen molar-refractivity contribution in [1.29, 1.82) is 0 Å². The predicted octanol–water partition coefficient (Wildman–Crippen LogP) is 3.24. The number of carbonyl (C=O) groups is 2. The van der Waals surface area contributed by atoms with Gasteiger partial charge in [-0.15, -0.1) is 0 Å². The molecule has 8 heteroatoms. The molecule has 0 aliphatic carbocycles. The summed E-state index contributed by atoms with van der Waals surface area (Å²) in [6.07, 6.45) is 1.17. The van der Waals surface area contributed by atoms with E-state index in [-0.39, 0.29) is 22.7 Å². The third-order valence-corrected chi connectivity index (χ3v) is 7.37. The van der Waals surface area contributed by atoms with Gasteiger partial charge in [-0.1, -0.05) is 18.2 Å². The molecule has 1 aliphatic heterocycles. The van der Waals surface area contributed by atoms with Gasteiger partial charge in [0, 0.05) is 25.7 Å². The maximum atomic E-state index is 12.9. The molecule has 0 N–H and O–H groups in total. The third-order valence-electron chi connectivity index (χ3n) is 5.59. The monoisotopic (exact) mass is 444 g/mol. The summed E-state index contributed by atoms with van der Waals surface area (Å²) < 4.78 is 32.1. The van der Waals surface area contributed by atoms with Gasteiger partial charge in [-0.25, -0.2) is 8.42 Å². The Morgan fingerprint density at radius 3 is 2.32 bits per heavy atom. The second kappa shape index (κ2) is 9.51. The third kappa shape index (κ3) is 4.90. The molecule has 0 radical (unpaired) electrons. The van der Waals surface area contributed by atoms with Crippen molar-refractivity contribution in [1.82, 2.24) is 4.90 Å². The molecule has 31 heavy (non-hydrogen) atoms. The molecular weight excluding hydrogens is 416 g/mol. The molecule has 7 nitrogen and oxygen atoms in total. The largest absolute Gasteiger partial charge is 0.466 e. The van der Waals surface area contributed by atoms with E-state index in [1.807, 2.05) is 0 Å². The molecule has 1 saturated heterocycles. The van der Waals surface area contributed by atoms with E-state index in [0.717, 1.165) is 0 Å². The van der Waals surface area contributed by atoms with Crippen molar-refractivity contribution < 1.29 is 22.7 Å². The lowest BCUT2D eigenvalue weighted by atomic mass is 9.96. The highest BCUT2D eigenvalue weighted by molar-refractivity contribution is 7.92. The van der Waals surface area contributed by atoms with Gasteiger partial charge in [0.15, 0.2) is 0 Å². The summed E-state index contributed by atoms with van der Waals surface area (Å²) >= 11 is 0. The van der Waals surface area contributed by atoms with Crippen LogP contribution >= 0.6 is 0 Å². The molecule has 3 rings (SSSR count). The lowest BCUT2D eigenvalue weighted by molar-refractivity contribution is -0.149. The molecule has 0 aromatic heterocycles. The summed E-state index contributed by atoms with van der Waals surface area (Å²) in [6.45, 7) is 4.91. The van der Waals surface area contributed by atoms with E-state index >= 15 is 0 Å². The number of ether oxygens (including phenoxy) is 1. The summed E-state index contributed by atoms with van der Waals surface area (Å²) in [7, 11) is -2.19. The molecular formula is C23H28N2O5S. The molecule has 2 aromatic rings. The van der Waals surface area contributed by atoms with Crippen molar-refractivity contribution >= 4 is 27.6 Å². The van der Waals surface area contributed by atoms with Crippen molar-refractivity contribution in [3.8, 4) is 0 Å². The molecule has 1 heterocycles. The number of piperidine rings is 1. The zero-order valence-corrected chi connectivity index (χ0v) is 18.9. The minimum Gasteiger partial charge on any atom is -0.466 e. The fourth-order valence-corrected chi connectivity index (χ4v) is 5.06. The molecule has 0 bridgehead atoms. The minimum atomic E-state index is -3.69. The Balaban J connectivity index is 1.72. The maximum absolute atomic E-state index is 12.9. The minimum absolute atomic E-state index is 0.120. The van der Waals surface area contributed by atoms with Gasteiger partial charge in [-0.2, -0.15) is 0 Å². The Morgan fingerprint density at radius 1 is 1.10 bits per heavy atom. The van der Waals surface area contributed by atoms with Gasteiger partial charge in [0.1, 0.15) is 0 Å². The van der Waals surface area contributed by atoms with Crippen LogP contribution in [-0.4, -0.2) is 51.9 Å². The molecule has 1 amide bonds. The Morgan fingerprint density at radius 2 is 1.74 bits per heavy atom. The standard InChI is InChI=1S/C23H28N2O5S/c1-4-30-23(27)18-12-14-25(15-13-18)22(26)19-10-11-21(17(2)16-19)24(3)31(28,29)20-8-6-5-7-9-20/h5-11,16,18H,4,12-15H2,1-3H3. The predicted molar refractivity (Wildman–Crippen MR) is 118 cm³/mol. The van der Waals surface area contributed by atoms with E-state index in [0.29, 0.717) is 49.4 Å². The molecule has 0 spiro atoms. The van der Waals surface area contributed by atoms with Gasteiger partial charge < -0.3 is 9.64 Å². The van der Waals surface area contributed by atoms with Crippen LogP contribution in [0.2, 0.25) is 0 Å². The number of benzene rings is 2. The number of amides is 1. The zero-order valence-electron chi connectivity index (χ0n) is 18.1. The van der Waals surface area contributed by atoms with Crippen LogP contribution < -0.4 is 4.31 Å². The summed E-state index contributed by atoms with van der Waals surface area (Å²) in [5.74, 6) is -0.479. The van der Waals surface area contributed by atoms with Crippen LogP contribution in [0.3, 0.4) is 0 Å². The molecule has 166 valence electrons. The second-order valence-corrected chi connectivity index (χ2v) is 9.57. The quantitative estimate of drug-likeness (QED) is 0.639. The van der Waals surface area contributed by atoms with Gasteiger partial charge in [0.25, 0.3) is 15.9 Å². The van der Waals surface area contributed by atoms with Gasteiger partial charge in [-0.3, -0.25) is 13.9 Å². The first-order chi connectivity index (χ1) is 14.8. The first-order valence-electron chi connectivity index (χ1n) is 10.4. The highest BCUT2D eigenvalue weighted by Gasteiger charge is 2.29. The zero-order chi connectivity index (χ0) is 22.6. The van der Waals surface area contributed by atoms with Crippen molar-refractivity contribution in [3.05, 3.63) is 59.7 Å². The summed E-state index contributed by atoms with van der Waals surface area (Å²) in [6, 6.07) is 13.3. The number of anilines is 1. The Labute approximate surface area is 183 Å². The average molecular weight is 445 g/mol. The fourth-order valence-electron chi connectivity index (χ4n) is 3.78. The molecule has 0 atom stereocenters. The first kappa shape index (κ1) is 22.8. The normalized spacial score (nSPS) is 14.9. The molecule has 1 aliphatic rings. The van der Waals surface area contributed by atoms with Gasteiger partial charge in [0.2, 0.25) is 0 Å². The molecule has 1 fully saturated rings. The summed E-state index contributed by atoms with van der Waals surface area (Å²) in [4.78, 5) is 26.8. The van der Waals surface area contributed by atoms with Crippen molar-refractivity contribution in [2.24, 2.45) is 5.92 Å². The highest BCUT2D eigenvalue weighted by atomic mass is 32.2. The van der Waals surface area contributed by atoms with Crippen LogP contribution in [0.5, 0.6) is 0 Å². The molecule has 0 saturated carbocycles. The topological polar surface area (TPSA) is 84.0 Å². The number of nitrogens with zero attached hydrogens (tertiary/aromatic N) is 2.